The Morgan fingerprint density at radius 2 is 1.93 bits per heavy atom. The Morgan fingerprint density at radius 3 is 2.47 bits per heavy atom. The second-order valence-corrected chi connectivity index (χ2v) is 4.30. The maximum absolute atomic E-state index is 9.64. The molecule has 0 spiro atoms. The average Bonchev–Trinajstić information content (AvgIpc) is 2.08. The summed E-state index contributed by atoms with van der Waals surface area (Å²) in [6.07, 6.45) is 0.900. The largest absolute Gasteiger partial charge is 0.508 e. The molecule has 15 heavy (non-hydrogen) atoms. The van der Waals surface area contributed by atoms with Crippen LogP contribution >= 0.6 is 12.4 Å². The molecule has 0 heterocycles. The fraction of sp³-hybridized carbons (Fsp3) is 0.500. The first-order valence-electron chi connectivity index (χ1n) is 5.05. The highest BCUT2D eigenvalue weighted by Gasteiger charge is 2.12. The number of nitrogens with two attached hydrogens (primary N) is 1. The molecule has 3 heteroatoms. The molecule has 1 aromatic rings. The first-order valence-corrected chi connectivity index (χ1v) is 5.05. The van der Waals surface area contributed by atoms with E-state index in [1.165, 1.54) is 0 Å². The number of hydrogen-bond donors (Lipinski definition) is 2. The zero-order valence-electron chi connectivity index (χ0n) is 9.53. The molecule has 0 saturated carbocycles. The van der Waals surface area contributed by atoms with Crippen molar-refractivity contribution in [2.75, 3.05) is 0 Å². The van der Waals surface area contributed by atoms with Crippen molar-refractivity contribution in [1.29, 1.82) is 0 Å². The lowest BCUT2D eigenvalue weighted by molar-refractivity contribution is 0.445. The molecule has 0 radical (unpaired) electrons. The third-order valence-electron chi connectivity index (χ3n) is 2.31. The van der Waals surface area contributed by atoms with E-state index in [1.54, 1.807) is 6.07 Å². The second-order valence-electron chi connectivity index (χ2n) is 4.30. The summed E-state index contributed by atoms with van der Waals surface area (Å²) in [7, 11) is 0. The van der Waals surface area contributed by atoms with Gasteiger partial charge in [-0.2, -0.15) is 0 Å². The highest BCUT2D eigenvalue weighted by molar-refractivity contribution is 5.85. The zero-order valence-corrected chi connectivity index (χ0v) is 10.3. The molecule has 0 aliphatic rings. The van der Waals surface area contributed by atoms with Crippen molar-refractivity contribution in [3.63, 3.8) is 0 Å². The van der Waals surface area contributed by atoms with Gasteiger partial charge in [-0.3, -0.25) is 0 Å². The molecule has 1 rings (SSSR count). The van der Waals surface area contributed by atoms with Crippen LogP contribution in [-0.4, -0.2) is 5.11 Å². The van der Waals surface area contributed by atoms with E-state index in [2.05, 4.69) is 13.8 Å². The minimum Gasteiger partial charge on any atom is -0.508 e. The first kappa shape index (κ1) is 14.3. The van der Waals surface area contributed by atoms with Gasteiger partial charge in [-0.05, 0) is 25.3 Å². The fourth-order valence-electron chi connectivity index (χ4n) is 1.61. The van der Waals surface area contributed by atoms with E-state index in [0.29, 0.717) is 11.7 Å². The van der Waals surface area contributed by atoms with Crippen molar-refractivity contribution in [2.24, 2.45) is 11.7 Å². The summed E-state index contributed by atoms with van der Waals surface area (Å²) in [6.45, 7) is 6.27. The van der Waals surface area contributed by atoms with E-state index in [9.17, 15) is 5.11 Å². The number of benzene rings is 1. The number of rotatable bonds is 3. The van der Waals surface area contributed by atoms with Crippen LogP contribution in [0.25, 0.3) is 0 Å². The molecular formula is C12H20ClNO. The van der Waals surface area contributed by atoms with E-state index in [1.807, 2.05) is 19.1 Å². The molecule has 86 valence electrons. The van der Waals surface area contributed by atoms with Gasteiger partial charge in [-0.1, -0.05) is 31.5 Å². The van der Waals surface area contributed by atoms with Crippen LogP contribution in [0, 0.1) is 12.8 Å². The van der Waals surface area contributed by atoms with E-state index in [0.717, 1.165) is 17.5 Å². The van der Waals surface area contributed by atoms with Crippen LogP contribution in [-0.2, 0) is 0 Å². The van der Waals surface area contributed by atoms with Crippen LogP contribution in [0.1, 0.15) is 37.4 Å². The summed E-state index contributed by atoms with van der Waals surface area (Å²) < 4.78 is 0. The Labute approximate surface area is 97.9 Å². The highest BCUT2D eigenvalue weighted by Crippen LogP contribution is 2.27. The third-order valence-corrected chi connectivity index (χ3v) is 2.31. The lowest BCUT2D eigenvalue weighted by atomic mass is 9.96. The first-order chi connectivity index (χ1) is 6.50. The van der Waals surface area contributed by atoms with Crippen LogP contribution in [0.3, 0.4) is 0 Å². The van der Waals surface area contributed by atoms with Crippen molar-refractivity contribution in [3.8, 4) is 5.75 Å². The van der Waals surface area contributed by atoms with E-state index < -0.39 is 0 Å². The smallest absolute Gasteiger partial charge is 0.120 e. The van der Waals surface area contributed by atoms with Gasteiger partial charge in [0, 0.05) is 11.6 Å². The van der Waals surface area contributed by atoms with Crippen LogP contribution in [0.5, 0.6) is 5.75 Å². The summed E-state index contributed by atoms with van der Waals surface area (Å²) in [5.74, 6) is 0.855. The van der Waals surface area contributed by atoms with Gasteiger partial charge < -0.3 is 10.8 Å². The number of phenols is 1. The van der Waals surface area contributed by atoms with E-state index in [4.69, 9.17) is 5.73 Å². The maximum atomic E-state index is 9.64. The summed E-state index contributed by atoms with van der Waals surface area (Å²) in [5.41, 5.74) is 8.00. The number of phenolic OH excluding ortho intramolecular Hbond substituents is 1. The topological polar surface area (TPSA) is 46.2 Å². The van der Waals surface area contributed by atoms with Crippen molar-refractivity contribution in [3.05, 3.63) is 29.3 Å². The fourth-order valence-corrected chi connectivity index (χ4v) is 1.61. The Kier molecular flexibility index (Phi) is 5.69. The lowest BCUT2D eigenvalue weighted by Crippen LogP contribution is -2.13. The van der Waals surface area contributed by atoms with Crippen molar-refractivity contribution >= 4 is 12.4 Å². The Morgan fingerprint density at radius 1 is 1.33 bits per heavy atom. The van der Waals surface area contributed by atoms with Gasteiger partial charge >= 0.3 is 0 Å². The Balaban J connectivity index is 0.00000196. The molecule has 0 bridgehead atoms. The molecule has 0 aromatic heterocycles. The normalized spacial score (nSPS) is 12.3. The molecule has 3 N–H and O–H groups in total. The second kappa shape index (κ2) is 5.99. The van der Waals surface area contributed by atoms with Crippen molar-refractivity contribution < 1.29 is 5.11 Å². The quantitative estimate of drug-likeness (QED) is 0.837. The summed E-state index contributed by atoms with van der Waals surface area (Å²) >= 11 is 0. The van der Waals surface area contributed by atoms with Crippen molar-refractivity contribution in [1.82, 2.24) is 0 Å². The third kappa shape index (κ3) is 4.10. The van der Waals surface area contributed by atoms with Gasteiger partial charge in [0.15, 0.2) is 0 Å². The molecule has 0 aliphatic heterocycles. The van der Waals surface area contributed by atoms with E-state index >= 15 is 0 Å². The van der Waals surface area contributed by atoms with Gasteiger partial charge in [0.05, 0.1) is 0 Å². The van der Waals surface area contributed by atoms with E-state index in [-0.39, 0.29) is 18.4 Å². The maximum Gasteiger partial charge on any atom is 0.120 e. The standard InChI is InChI=1S/C12H19NO.ClH/c1-8(2)6-11(13)10-7-9(3)4-5-12(10)14;/h4-5,7-8,11,14H,6,13H2,1-3H3;1H/t11-;/m0./s1. The van der Waals surface area contributed by atoms with Crippen LogP contribution < -0.4 is 5.73 Å². The number of halogens is 1. The molecule has 1 aromatic carbocycles. The molecule has 0 saturated heterocycles. The number of aromatic hydroxyl groups is 1. The van der Waals surface area contributed by atoms with Gasteiger partial charge in [0.2, 0.25) is 0 Å². The van der Waals surface area contributed by atoms with Gasteiger partial charge in [-0.15, -0.1) is 12.4 Å². The molecule has 0 fully saturated rings. The highest BCUT2D eigenvalue weighted by atomic mass is 35.5. The molecular weight excluding hydrogens is 210 g/mol. The van der Waals surface area contributed by atoms with Crippen LogP contribution in [0.4, 0.5) is 0 Å². The summed E-state index contributed by atoms with van der Waals surface area (Å²) in [5, 5.41) is 9.64. The average molecular weight is 230 g/mol. The molecule has 0 unspecified atom stereocenters. The van der Waals surface area contributed by atoms with Gasteiger partial charge in [-0.25, -0.2) is 0 Å². The summed E-state index contributed by atoms with van der Waals surface area (Å²) in [6, 6.07) is 5.50. The Bertz CT molecular complexity index is 312. The van der Waals surface area contributed by atoms with Crippen LogP contribution in [0.2, 0.25) is 0 Å². The number of hydrogen-bond acceptors (Lipinski definition) is 2. The predicted molar refractivity (Wildman–Crippen MR) is 66.5 cm³/mol. The minimum absolute atomic E-state index is 0. The molecule has 0 aliphatic carbocycles. The predicted octanol–water partition coefficient (Wildman–Crippen LogP) is 3.17. The Hall–Kier alpha value is -0.730. The minimum atomic E-state index is -0.0603. The number of aryl methyl sites for hydroxylation is 1. The molecule has 0 amide bonds. The SMILES string of the molecule is Cc1ccc(O)c([C@@H](N)CC(C)C)c1.Cl. The van der Waals surface area contributed by atoms with Crippen LogP contribution in [0.15, 0.2) is 18.2 Å². The lowest BCUT2D eigenvalue weighted by Gasteiger charge is -2.16. The van der Waals surface area contributed by atoms with Gasteiger partial charge in [0.1, 0.15) is 5.75 Å². The summed E-state index contributed by atoms with van der Waals surface area (Å²) in [4.78, 5) is 0. The van der Waals surface area contributed by atoms with Gasteiger partial charge in [0.25, 0.3) is 0 Å². The monoisotopic (exact) mass is 229 g/mol. The zero-order chi connectivity index (χ0) is 10.7. The van der Waals surface area contributed by atoms with Crippen molar-refractivity contribution in [2.45, 2.75) is 33.2 Å². The molecule has 2 nitrogen and oxygen atoms in total. The molecule has 1 atom stereocenters.